The third-order valence-electron chi connectivity index (χ3n) is 6.14. The third kappa shape index (κ3) is 9.63. The Morgan fingerprint density at radius 1 is 0.857 bits per heavy atom. The molecule has 0 aromatic heterocycles. The molecular formula is C29H43NO5. The maximum absolute atomic E-state index is 12.7. The van der Waals surface area contributed by atoms with Gasteiger partial charge in [0.2, 0.25) is 0 Å². The van der Waals surface area contributed by atoms with Crippen molar-refractivity contribution in [2.75, 3.05) is 0 Å². The molecule has 0 spiro atoms. The predicted octanol–water partition coefficient (Wildman–Crippen LogP) is 5.73. The van der Waals surface area contributed by atoms with Gasteiger partial charge in [-0.1, -0.05) is 18.2 Å². The van der Waals surface area contributed by atoms with Gasteiger partial charge in [-0.3, -0.25) is 0 Å². The minimum Gasteiger partial charge on any atom is -0.461 e. The Bertz CT molecular complexity index is 928. The van der Waals surface area contributed by atoms with Crippen molar-refractivity contribution in [2.24, 2.45) is 5.73 Å². The molecule has 0 radical (unpaired) electrons. The third-order valence-corrected chi connectivity index (χ3v) is 6.14. The van der Waals surface area contributed by atoms with Crippen LogP contribution in [0.5, 0.6) is 11.5 Å². The van der Waals surface area contributed by atoms with Crippen LogP contribution in [0.3, 0.4) is 0 Å². The first-order chi connectivity index (χ1) is 16.5. The summed E-state index contributed by atoms with van der Waals surface area (Å²) in [7, 11) is 0. The summed E-state index contributed by atoms with van der Waals surface area (Å²) in [6.07, 6.45) is 3.21. The van der Waals surface area contributed by atoms with E-state index in [1.807, 2.05) is 58.9 Å². The van der Waals surface area contributed by atoms with E-state index in [4.69, 9.17) is 15.2 Å². The minimum absolute atomic E-state index is 0.285. The van der Waals surface area contributed by atoms with Crippen LogP contribution < -0.4 is 10.5 Å². The monoisotopic (exact) mass is 485 g/mol. The van der Waals surface area contributed by atoms with Gasteiger partial charge < -0.3 is 25.4 Å². The maximum atomic E-state index is 12.7. The smallest absolute Gasteiger partial charge is 0.327 e. The van der Waals surface area contributed by atoms with E-state index in [0.29, 0.717) is 31.2 Å². The maximum Gasteiger partial charge on any atom is 0.327 e. The number of nitrogens with two attached hydrogens (primary N) is 1. The Morgan fingerprint density at radius 2 is 1.40 bits per heavy atom. The van der Waals surface area contributed by atoms with Crippen LogP contribution in [0.4, 0.5) is 0 Å². The van der Waals surface area contributed by atoms with Gasteiger partial charge in [0.1, 0.15) is 17.5 Å². The number of aryl methyl sites for hydroxylation is 4. The average molecular weight is 486 g/mol. The molecule has 6 heteroatoms. The summed E-state index contributed by atoms with van der Waals surface area (Å²) in [5.74, 6) is 1.09. The van der Waals surface area contributed by atoms with Crippen LogP contribution in [-0.4, -0.2) is 34.5 Å². The highest BCUT2D eigenvalue weighted by molar-refractivity contribution is 5.78. The zero-order chi connectivity index (χ0) is 26.1. The lowest BCUT2D eigenvalue weighted by atomic mass is 10.0. The second kappa shape index (κ2) is 13.6. The van der Waals surface area contributed by atoms with E-state index in [0.717, 1.165) is 46.6 Å². The van der Waals surface area contributed by atoms with E-state index < -0.39 is 18.1 Å². The Hall–Kier alpha value is -2.41. The molecular weight excluding hydrogens is 442 g/mol. The summed E-state index contributed by atoms with van der Waals surface area (Å²) < 4.78 is 11.8. The molecule has 35 heavy (non-hydrogen) atoms. The second-order valence-electron chi connectivity index (χ2n) is 10.00. The van der Waals surface area contributed by atoms with E-state index in [1.54, 1.807) is 6.92 Å². The van der Waals surface area contributed by atoms with Crippen molar-refractivity contribution in [3.05, 3.63) is 58.1 Å². The van der Waals surface area contributed by atoms with Crippen LogP contribution in [0.1, 0.15) is 86.2 Å². The summed E-state index contributed by atoms with van der Waals surface area (Å²) in [6, 6.07) is 8.98. The van der Waals surface area contributed by atoms with Gasteiger partial charge in [0, 0.05) is 0 Å². The van der Waals surface area contributed by atoms with Crippen LogP contribution in [0.25, 0.3) is 0 Å². The van der Waals surface area contributed by atoms with Crippen LogP contribution in [-0.2, 0) is 9.53 Å². The zero-order valence-electron chi connectivity index (χ0n) is 22.1. The Kier molecular flexibility index (Phi) is 11.2. The van der Waals surface area contributed by atoms with Gasteiger partial charge >= 0.3 is 5.97 Å². The van der Waals surface area contributed by atoms with E-state index in [-0.39, 0.29) is 12.2 Å². The molecule has 0 aliphatic rings. The normalized spacial score (nSPS) is 14.8. The molecule has 0 aliphatic carbocycles. The Balaban J connectivity index is 1.90. The molecule has 194 valence electrons. The molecule has 2 aromatic carbocycles. The molecule has 0 saturated carbocycles. The van der Waals surface area contributed by atoms with Gasteiger partial charge in [0.25, 0.3) is 0 Å². The molecule has 0 bridgehead atoms. The average Bonchev–Trinajstić information content (AvgIpc) is 2.74. The number of esters is 1. The molecule has 4 atom stereocenters. The highest BCUT2D eigenvalue weighted by atomic mass is 16.5. The minimum atomic E-state index is -0.879. The number of aliphatic hydroxyl groups is 2. The van der Waals surface area contributed by atoms with Crippen LogP contribution in [0.15, 0.2) is 30.3 Å². The summed E-state index contributed by atoms with van der Waals surface area (Å²) >= 11 is 0. The summed E-state index contributed by atoms with van der Waals surface area (Å²) in [6.45, 7) is 11.6. The number of hydrogen-bond donors (Lipinski definition) is 3. The highest BCUT2D eigenvalue weighted by Gasteiger charge is 2.22. The first-order valence-electron chi connectivity index (χ1n) is 12.7. The standard InChI is InChI=1S/C29H43NO5/c1-18-13-19(2)15-26(14-18)35-28-20(3)16-24(17-21(28)4)27(30)29(33)34-23(6)10-8-12-25(32)11-7-9-22(5)31/h13-17,22-23,25,27,31-32H,7-12,30H2,1-6H3. The lowest BCUT2D eigenvalue weighted by molar-refractivity contribution is -0.150. The quantitative estimate of drug-likeness (QED) is 0.313. The summed E-state index contributed by atoms with van der Waals surface area (Å²) in [5.41, 5.74) is 11.0. The molecule has 0 heterocycles. The van der Waals surface area contributed by atoms with Gasteiger partial charge in [0.05, 0.1) is 18.3 Å². The SMILES string of the molecule is Cc1cc(C)cc(Oc2c(C)cc(C(N)C(=O)OC(C)CCCC(O)CCCC(C)O)cc2C)c1. The van der Waals surface area contributed by atoms with Crippen molar-refractivity contribution in [2.45, 2.75) is 104 Å². The number of rotatable bonds is 13. The van der Waals surface area contributed by atoms with Crippen LogP contribution in [0.2, 0.25) is 0 Å². The largest absolute Gasteiger partial charge is 0.461 e. The lowest BCUT2D eigenvalue weighted by Crippen LogP contribution is -2.27. The fraction of sp³-hybridized carbons (Fsp3) is 0.552. The van der Waals surface area contributed by atoms with Gasteiger partial charge in [-0.05, 0) is 120 Å². The highest BCUT2D eigenvalue weighted by Crippen LogP contribution is 2.32. The topological polar surface area (TPSA) is 102 Å². The fourth-order valence-electron chi connectivity index (χ4n) is 4.33. The van der Waals surface area contributed by atoms with Crippen LogP contribution >= 0.6 is 0 Å². The van der Waals surface area contributed by atoms with E-state index in [1.165, 1.54) is 0 Å². The summed E-state index contributed by atoms with van der Waals surface area (Å²) in [5, 5.41) is 19.4. The Labute approximate surface area is 210 Å². The Morgan fingerprint density at radius 3 is 1.94 bits per heavy atom. The van der Waals surface area contributed by atoms with E-state index >= 15 is 0 Å². The predicted molar refractivity (Wildman–Crippen MR) is 140 cm³/mol. The van der Waals surface area contributed by atoms with E-state index in [2.05, 4.69) is 6.07 Å². The first kappa shape index (κ1) is 28.8. The molecule has 0 fully saturated rings. The van der Waals surface area contributed by atoms with Crippen molar-refractivity contribution in [3.63, 3.8) is 0 Å². The number of carbonyl (C=O) groups excluding carboxylic acids is 1. The van der Waals surface area contributed by atoms with E-state index in [9.17, 15) is 15.0 Å². The zero-order valence-corrected chi connectivity index (χ0v) is 22.1. The van der Waals surface area contributed by atoms with Crippen LogP contribution in [0, 0.1) is 27.7 Å². The molecule has 6 nitrogen and oxygen atoms in total. The van der Waals surface area contributed by atoms with Crippen molar-refractivity contribution >= 4 is 5.97 Å². The van der Waals surface area contributed by atoms with Gasteiger partial charge in [-0.2, -0.15) is 0 Å². The molecule has 4 N–H and O–H groups in total. The fourth-order valence-corrected chi connectivity index (χ4v) is 4.33. The lowest BCUT2D eigenvalue weighted by Gasteiger charge is -2.20. The number of aliphatic hydroxyl groups excluding tert-OH is 2. The first-order valence-corrected chi connectivity index (χ1v) is 12.7. The van der Waals surface area contributed by atoms with Gasteiger partial charge in [-0.25, -0.2) is 4.79 Å². The van der Waals surface area contributed by atoms with Crippen molar-refractivity contribution in [3.8, 4) is 11.5 Å². The molecule has 0 aliphatic heterocycles. The van der Waals surface area contributed by atoms with Crippen molar-refractivity contribution in [1.29, 1.82) is 0 Å². The number of ether oxygens (including phenoxy) is 2. The molecule has 0 saturated heterocycles. The van der Waals surface area contributed by atoms with Gasteiger partial charge in [-0.15, -0.1) is 0 Å². The second-order valence-corrected chi connectivity index (χ2v) is 10.00. The number of carbonyl (C=O) groups is 1. The summed E-state index contributed by atoms with van der Waals surface area (Å²) in [4.78, 5) is 12.7. The number of hydrogen-bond acceptors (Lipinski definition) is 6. The molecule has 4 unspecified atom stereocenters. The van der Waals surface area contributed by atoms with Gasteiger partial charge in [0.15, 0.2) is 0 Å². The number of benzene rings is 2. The molecule has 2 rings (SSSR count). The molecule has 0 amide bonds. The van der Waals surface area contributed by atoms with Crippen molar-refractivity contribution in [1.82, 2.24) is 0 Å². The van der Waals surface area contributed by atoms with Crippen molar-refractivity contribution < 1.29 is 24.5 Å². The molecule has 2 aromatic rings.